The van der Waals surface area contributed by atoms with Crippen molar-refractivity contribution >= 4 is 29.3 Å². The summed E-state index contributed by atoms with van der Waals surface area (Å²) < 4.78 is 5.18. The molecule has 1 aliphatic heterocycles. The molecule has 23 heavy (non-hydrogen) atoms. The number of aromatic amines is 1. The zero-order valence-corrected chi connectivity index (χ0v) is 13.5. The van der Waals surface area contributed by atoms with Crippen molar-refractivity contribution in [2.45, 2.75) is 24.8 Å². The lowest BCUT2D eigenvalue weighted by Gasteiger charge is -2.37. The van der Waals surface area contributed by atoms with Crippen molar-refractivity contribution in [2.75, 3.05) is 6.54 Å². The number of piperidine rings is 1. The molecule has 0 unspecified atom stereocenters. The van der Waals surface area contributed by atoms with Crippen LogP contribution in [0.5, 0.6) is 0 Å². The number of carbonyl (C=O) groups is 1. The van der Waals surface area contributed by atoms with Gasteiger partial charge >= 0.3 is 6.09 Å². The molecule has 1 aromatic heterocycles. The second kappa shape index (κ2) is 6.29. The van der Waals surface area contributed by atoms with Gasteiger partial charge in [0.2, 0.25) is 0 Å². The van der Waals surface area contributed by atoms with Crippen LogP contribution in [0.15, 0.2) is 33.6 Å². The number of hydrogen-bond donors (Lipinski definition) is 2. The molecule has 1 amide bonds. The van der Waals surface area contributed by atoms with E-state index in [1.54, 1.807) is 18.2 Å². The van der Waals surface area contributed by atoms with Crippen LogP contribution < -0.4 is 5.56 Å². The number of nitrogens with zero attached hydrogens (tertiary/aromatic N) is 1. The van der Waals surface area contributed by atoms with Crippen molar-refractivity contribution in [1.29, 1.82) is 0 Å². The minimum Gasteiger partial charge on any atom is -0.465 e. The van der Waals surface area contributed by atoms with Gasteiger partial charge in [0, 0.05) is 28.6 Å². The van der Waals surface area contributed by atoms with Crippen molar-refractivity contribution in [3.05, 3.63) is 56.0 Å². The number of carboxylic acid groups (broad SMARTS) is 1. The van der Waals surface area contributed by atoms with Crippen LogP contribution in [0.4, 0.5) is 4.79 Å². The van der Waals surface area contributed by atoms with E-state index in [9.17, 15) is 14.7 Å². The summed E-state index contributed by atoms with van der Waals surface area (Å²) in [5, 5.41) is 12.6. The van der Waals surface area contributed by atoms with Gasteiger partial charge in [-0.25, -0.2) is 4.79 Å². The van der Waals surface area contributed by atoms with Gasteiger partial charge in [0.25, 0.3) is 5.56 Å². The average molecular weight is 357 g/mol. The first-order chi connectivity index (χ1) is 11.0. The number of halogens is 2. The highest BCUT2D eigenvalue weighted by molar-refractivity contribution is 6.35. The maximum absolute atomic E-state index is 11.5. The molecular formula is C15H14Cl2N2O4. The third kappa shape index (κ3) is 3.23. The first-order valence-electron chi connectivity index (χ1n) is 7.08. The van der Waals surface area contributed by atoms with E-state index in [4.69, 9.17) is 27.7 Å². The first kappa shape index (κ1) is 16.0. The molecule has 2 atom stereocenters. The van der Waals surface area contributed by atoms with E-state index < -0.39 is 12.1 Å². The molecule has 122 valence electrons. The molecular weight excluding hydrogens is 343 g/mol. The highest BCUT2D eigenvalue weighted by Crippen LogP contribution is 2.41. The van der Waals surface area contributed by atoms with Crippen molar-refractivity contribution in [3.8, 4) is 0 Å². The molecule has 2 aromatic rings. The van der Waals surface area contributed by atoms with Crippen LogP contribution in [0.1, 0.15) is 36.1 Å². The Balaban J connectivity index is 1.94. The number of nitrogens with one attached hydrogen (secondary N) is 1. The van der Waals surface area contributed by atoms with Gasteiger partial charge < -0.3 is 14.5 Å². The molecule has 1 aromatic carbocycles. The molecule has 1 saturated heterocycles. The molecule has 1 aliphatic rings. The first-order valence-corrected chi connectivity index (χ1v) is 7.84. The van der Waals surface area contributed by atoms with Crippen molar-refractivity contribution in [3.63, 3.8) is 0 Å². The Morgan fingerprint density at radius 1 is 1.35 bits per heavy atom. The highest BCUT2D eigenvalue weighted by atomic mass is 35.5. The van der Waals surface area contributed by atoms with Gasteiger partial charge in [-0.05, 0) is 30.5 Å². The van der Waals surface area contributed by atoms with E-state index in [2.05, 4.69) is 5.16 Å². The van der Waals surface area contributed by atoms with E-state index in [1.807, 2.05) is 0 Å². The van der Waals surface area contributed by atoms with Crippen molar-refractivity contribution in [1.82, 2.24) is 10.1 Å². The summed E-state index contributed by atoms with van der Waals surface area (Å²) in [6.45, 7) is 0.332. The molecule has 6 nitrogen and oxygen atoms in total. The minimum atomic E-state index is -1.00. The summed E-state index contributed by atoms with van der Waals surface area (Å²) in [5.41, 5.74) is 0.391. The predicted molar refractivity (Wildman–Crippen MR) is 85.2 cm³/mol. The third-order valence-corrected chi connectivity index (χ3v) is 4.68. The van der Waals surface area contributed by atoms with Gasteiger partial charge in [-0.3, -0.25) is 4.79 Å². The molecule has 2 N–H and O–H groups in total. The topological polar surface area (TPSA) is 86.5 Å². The summed E-state index contributed by atoms with van der Waals surface area (Å²) >= 11 is 12.2. The molecule has 0 saturated carbocycles. The Hall–Kier alpha value is -1.92. The Labute approximate surface area is 141 Å². The summed E-state index contributed by atoms with van der Waals surface area (Å²) in [6, 6.07) is 6.00. The normalized spacial score (nSPS) is 21.4. The zero-order valence-electron chi connectivity index (χ0n) is 12.0. The second-order valence-electron chi connectivity index (χ2n) is 5.49. The molecule has 3 rings (SSSR count). The van der Waals surface area contributed by atoms with Gasteiger partial charge in [-0.2, -0.15) is 5.16 Å². The molecule has 0 spiro atoms. The Morgan fingerprint density at radius 2 is 2.13 bits per heavy atom. The fourth-order valence-electron chi connectivity index (χ4n) is 3.02. The van der Waals surface area contributed by atoms with Gasteiger partial charge in [-0.15, -0.1) is 0 Å². The van der Waals surface area contributed by atoms with E-state index in [0.29, 0.717) is 40.8 Å². The number of H-pyrrole nitrogens is 1. The molecule has 2 heterocycles. The number of benzene rings is 1. The van der Waals surface area contributed by atoms with Crippen LogP contribution in [-0.2, 0) is 0 Å². The molecule has 0 bridgehead atoms. The standard InChI is InChI=1S/C15H14Cl2N2O4/c16-9-1-2-10(11(17)6-9)12-5-8(3-4-19(12)15(21)22)13-7-14(20)18-23-13/h1-2,6-8,12H,3-5H2,(H,18,20)(H,21,22)/t8-,12-/m0/s1. The van der Waals surface area contributed by atoms with Gasteiger partial charge in [0.15, 0.2) is 0 Å². The van der Waals surface area contributed by atoms with Crippen LogP contribution in [-0.4, -0.2) is 27.8 Å². The second-order valence-corrected chi connectivity index (χ2v) is 6.34. The van der Waals surface area contributed by atoms with Crippen LogP contribution in [0.3, 0.4) is 0 Å². The van der Waals surface area contributed by atoms with Gasteiger partial charge in [0.05, 0.1) is 6.04 Å². The van der Waals surface area contributed by atoms with E-state index in [0.717, 1.165) is 0 Å². The Bertz CT molecular complexity index is 786. The summed E-state index contributed by atoms with van der Waals surface area (Å²) in [5.74, 6) is 0.483. The smallest absolute Gasteiger partial charge is 0.407 e. The summed E-state index contributed by atoms with van der Waals surface area (Å²) in [7, 11) is 0. The fraction of sp³-hybridized carbons (Fsp3) is 0.333. The number of rotatable bonds is 2. The maximum Gasteiger partial charge on any atom is 0.407 e. The third-order valence-electron chi connectivity index (χ3n) is 4.11. The minimum absolute atomic E-state index is 0.0544. The quantitative estimate of drug-likeness (QED) is 0.854. The summed E-state index contributed by atoms with van der Waals surface area (Å²) in [6.07, 6.45) is 0.0541. The molecule has 8 heteroatoms. The van der Waals surface area contributed by atoms with Crippen LogP contribution in [0.2, 0.25) is 10.0 Å². The number of hydrogen-bond acceptors (Lipinski definition) is 3. The number of likely N-dealkylation sites (tertiary alicyclic amines) is 1. The maximum atomic E-state index is 11.5. The van der Waals surface area contributed by atoms with Gasteiger partial charge in [0.1, 0.15) is 5.76 Å². The lowest BCUT2D eigenvalue weighted by atomic mass is 9.86. The molecule has 0 aliphatic carbocycles. The van der Waals surface area contributed by atoms with E-state index in [1.165, 1.54) is 11.0 Å². The lowest BCUT2D eigenvalue weighted by molar-refractivity contribution is 0.0968. The molecule has 1 fully saturated rings. The fourth-order valence-corrected chi connectivity index (χ4v) is 3.55. The van der Waals surface area contributed by atoms with Crippen LogP contribution in [0, 0.1) is 0 Å². The number of aromatic nitrogens is 1. The van der Waals surface area contributed by atoms with Gasteiger partial charge in [-0.1, -0.05) is 29.3 Å². The van der Waals surface area contributed by atoms with Crippen LogP contribution >= 0.6 is 23.2 Å². The largest absolute Gasteiger partial charge is 0.465 e. The predicted octanol–water partition coefficient (Wildman–Crippen LogP) is 3.87. The average Bonchev–Trinajstić information content (AvgIpc) is 2.93. The zero-order chi connectivity index (χ0) is 16.6. The highest BCUT2D eigenvalue weighted by Gasteiger charge is 2.35. The van der Waals surface area contributed by atoms with Crippen molar-refractivity contribution < 1.29 is 14.4 Å². The Kier molecular flexibility index (Phi) is 4.37. The number of amides is 1. The van der Waals surface area contributed by atoms with Crippen molar-refractivity contribution in [2.24, 2.45) is 0 Å². The lowest BCUT2D eigenvalue weighted by Crippen LogP contribution is -2.39. The van der Waals surface area contributed by atoms with Crippen LogP contribution in [0.25, 0.3) is 0 Å². The Morgan fingerprint density at radius 3 is 2.74 bits per heavy atom. The SMILES string of the molecule is O=C(O)N1CC[C@H](c2cc(=O)[nH]o2)C[C@H]1c1ccc(Cl)cc1Cl. The monoisotopic (exact) mass is 356 g/mol. The summed E-state index contributed by atoms with van der Waals surface area (Å²) in [4.78, 5) is 24.2. The molecule has 0 radical (unpaired) electrons. The van der Waals surface area contributed by atoms with E-state index >= 15 is 0 Å². The van der Waals surface area contributed by atoms with E-state index in [-0.39, 0.29) is 11.5 Å².